The molecule has 0 radical (unpaired) electrons. The van der Waals surface area contributed by atoms with Gasteiger partial charge in [0.1, 0.15) is 0 Å². The molecular weight excluding hydrogens is 196 g/mol. The van der Waals surface area contributed by atoms with Gasteiger partial charge in [-0.05, 0) is 30.5 Å². The average molecular weight is 218 g/mol. The van der Waals surface area contributed by atoms with Crippen LogP contribution in [0.2, 0.25) is 0 Å². The first kappa shape index (κ1) is 11.5. The maximum absolute atomic E-state index is 3.43. The summed E-state index contributed by atoms with van der Waals surface area (Å²) in [6, 6.07) is 9.57. The Bertz CT molecular complexity index is 346. The number of hydrogen-bond acceptors (Lipinski definition) is 2. The number of rotatable bonds is 2. The molecule has 1 heterocycles. The van der Waals surface area contributed by atoms with Gasteiger partial charge in [0, 0.05) is 31.4 Å². The second-order valence-corrected chi connectivity index (χ2v) is 5.00. The summed E-state index contributed by atoms with van der Waals surface area (Å²) in [5.74, 6) is 0.609. The van der Waals surface area contributed by atoms with Crippen molar-refractivity contribution in [3.8, 4) is 0 Å². The molecule has 0 aliphatic carbocycles. The molecule has 16 heavy (non-hydrogen) atoms. The van der Waals surface area contributed by atoms with Crippen molar-refractivity contribution in [2.75, 3.05) is 24.5 Å². The number of nitrogens with zero attached hydrogens (tertiary/aromatic N) is 1. The Morgan fingerprint density at radius 2 is 2.19 bits per heavy atom. The molecule has 1 saturated heterocycles. The predicted octanol–water partition coefficient (Wildman–Crippen LogP) is 2.61. The van der Waals surface area contributed by atoms with Gasteiger partial charge in [-0.25, -0.2) is 0 Å². The molecule has 0 unspecified atom stereocenters. The summed E-state index contributed by atoms with van der Waals surface area (Å²) in [6.07, 6.45) is 0. The van der Waals surface area contributed by atoms with E-state index in [9.17, 15) is 0 Å². The van der Waals surface area contributed by atoms with Gasteiger partial charge in [0.15, 0.2) is 0 Å². The molecule has 0 spiro atoms. The molecule has 0 saturated carbocycles. The molecule has 1 aliphatic rings. The molecule has 1 N–H and O–H groups in total. The van der Waals surface area contributed by atoms with Gasteiger partial charge in [-0.1, -0.05) is 26.0 Å². The van der Waals surface area contributed by atoms with Crippen molar-refractivity contribution in [3.05, 3.63) is 29.8 Å². The van der Waals surface area contributed by atoms with E-state index in [0.717, 1.165) is 19.6 Å². The lowest BCUT2D eigenvalue weighted by molar-refractivity contribution is 0.500. The van der Waals surface area contributed by atoms with Crippen LogP contribution in [0.25, 0.3) is 0 Å². The van der Waals surface area contributed by atoms with Gasteiger partial charge in [0.25, 0.3) is 0 Å². The third kappa shape index (κ3) is 2.38. The van der Waals surface area contributed by atoms with E-state index in [0.29, 0.717) is 12.0 Å². The second kappa shape index (κ2) is 4.88. The van der Waals surface area contributed by atoms with E-state index >= 15 is 0 Å². The number of anilines is 1. The van der Waals surface area contributed by atoms with Crippen LogP contribution in [0.4, 0.5) is 5.69 Å². The summed E-state index contributed by atoms with van der Waals surface area (Å²) in [4.78, 5) is 2.50. The van der Waals surface area contributed by atoms with E-state index in [2.05, 4.69) is 55.3 Å². The third-order valence-corrected chi connectivity index (χ3v) is 3.37. The molecule has 1 atom stereocenters. The van der Waals surface area contributed by atoms with E-state index in [1.165, 1.54) is 11.3 Å². The van der Waals surface area contributed by atoms with E-state index < -0.39 is 0 Å². The monoisotopic (exact) mass is 218 g/mol. The zero-order valence-electron chi connectivity index (χ0n) is 10.5. The van der Waals surface area contributed by atoms with Gasteiger partial charge >= 0.3 is 0 Å². The Balaban J connectivity index is 2.21. The van der Waals surface area contributed by atoms with Crippen molar-refractivity contribution in [1.29, 1.82) is 0 Å². The van der Waals surface area contributed by atoms with Gasteiger partial charge in [-0.3, -0.25) is 0 Å². The average Bonchev–Trinajstić information content (AvgIpc) is 2.30. The second-order valence-electron chi connectivity index (χ2n) is 5.00. The molecule has 1 aromatic carbocycles. The molecule has 88 valence electrons. The maximum atomic E-state index is 3.43. The van der Waals surface area contributed by atoms with E-state index in [4.69, 9.17) is 0 Å². The number of piperazine rings is 1. The fourth-order valence-corrected chi connectivity index (χ4v) is 2.29. The number of hydrogen-bond donors (Lipinski definition) is 1. The summed E-state index contributed by atoms with van der Waals surface area (Å²) in [5.41, 5.74) is 2.81. The van der Waals surface area contributed by atoms with Crippen LogP contribution in [-0.2, 0) is 0 Å². The molecule has 0 bridgehead atoms. The highest BCUT2D eigenvalue weighted by atomic mass is 15.2. The molecule has 2 rings (SSSR count). The number of nitrogens with one attached hydrogen (secondary N) is 1. The van der Waals surface area contributed by atoms with Gasteiger partial charge in [0.05, 0.1) is 0 Å². The van der Waals surface area contributed by atoms with Crippen molar-refractivity contribution in [2.45, 2.75) is 32.7 Å². The highest BCUT2D eigenvalue weighted by Crippen LogP contribution is 2.23. The van der Waals surface area contributed by atoms with Gasteiger partial charge in [0.2, 0.25) is 0 Å². The predicted molar refractivity (Wildman–Crippen MR) is 70.2 cm³/mol. The van der Waals surface area contributed by atoms with Crippen LogP contribution in [-0.4, -0.2) is 25.7 Å². The van der Waals surface area contributed by atoms with Crippen molar-refractivity contribution in [1.82, 2.24) is 5.32 Å². The van der Waals surface area contributed by atoms with Crippen molar-refractivity contribution < 1.29 is 0 Å². The Kier molecular flexibility index (Phi) is 3.49. The van der Waals surface area contributed by atoms with Gasteiger partial charge < -0.3 is 10.2 Å². The topological polar surface area (TPSA) is 15.3 Å². The largest absolute Gasteiger partial charge is 0.366 e. The van der Waals surface area contributed by atoms with Crippen LogP contribution in [0.15, 0.2) is 24.3 Å². The van der Waals surface area contributed by atoms with Crippen LogP contribution in [0, 0.1) is 0 Å². The molecule has 1 fully saturated rings. The van der Waals surface area contributed by atoms with Crippen LogP contribution < -0.4 is 10.2 Å². The Labute approximate surface area is 98.7 Å². The smallest absolute Gasteiger partial charge is 0.0386 e. The SMILES string of the molecule is CC(C)c1cccc(N2CCNC[C@@H]2C)c1. The quantitative estimate of drug-likeness (QED) is 0.821. The molecule has 1 aliphatic heterocycles. The highest BCUT2D eigenvalue weighted by Gasteiger charge is 2.18. The fraction of sp³-hybridized carbons (Fsp3) is 0.571. The summed E-state index contributed by atoms with van der Waals surface area (Å²) < 4.78 is 0. The molecule has 1 aromatic rings. The lowest BCUT2D eigenvalue weighted by Crippen LogP contribution is -2.49. The first-order valence-electron chi connectivity index (χ1n) is 6.26. The molecule has 0 aromatic heterocycles. The first-order valence-corrected chi connectivity index (χ1v) is 6.26. The molecular formula is C14H22N2. The van der Waals surface area contributed by atoms with Crippen LogP contribution in [0.5, 0.6) is 0 Å². The van der Waals surface area contributed by atoms with Gasteiger partial charge in [-0.2, -0.15) is 0 Å². The Morgan fingerprint density at radius 3 is 2.88 bits per heavy atom. The first-order chi connectivity index (χ1) is 7.68. The summed E-state index contributed by atoms with van der Waals surface area (Å²) in [6.45, 7) is 10.1. The lowest BCUT2D eigenvalue weighted by atomic mass is 10.0. The number of benzene rings is 1. The highest BCUT2D eigenvalue weighted by molar-refractivity contribution is 5.50. The van der Waals surface area contributed by atoms with Crippen LogP contribution >= 0.6 is 0 Å². The van der Waals surface area contributed by atoms with Crippen molar-refractivity contribution in [2.24, 2.45) is 0 Å². The minimum Gasteiger partial charge on any atom is -0.366 e. The zero-order valence-corrected chi connectivity index (χ0v) is 10.5. The zero-order chi connectivity index (χ0) is 11.5. The summed E-state index contributed by atoms with van der Waals surface area (Å²) in [7, 11) is 0. The normalized spacial score (nSPS) is 21.5. The standard InChI is InChI=1S/C14H22N2/c1-11(2)13-5-4-6-14(9-13)16-8-7-15-10-12(16)3/h4-6,9,11-12,15H,7-8,10H2,1-3H3/t12-/m0/s1. The third-order valence-electron chi connectivity index (χ3n) is 3.37. The van der Waals surface area contributed by atoms with E-state index in [1.807, 2.05) is 0 Å². The lowest BCUT2D eigenvalue weighted by Gasteiger charge is -2.36. The molecule has 0 amide bonds. The van der Waals surface area contributed by atoms with Crippen molar-refractivity contribution >= 4 is 5.69 Å². The van der Waals surface area contributed by atoms with Crippen LogP contribution in [0.1, 0.15) is 32.3 Å². The van der Waals surface area contributed by atoms with E-state index in [-0.39, 0.29) is 0 Å². The minimum absolute atomic E-state index is 0.594. The fourth-order valence-electron chi connectivity index (χ4n) is 2.29. The maximum Gasteiger partial charge on any atom is 0.0386 e. The van der Waals surface area contributed by atoms with Crippen LogP contribution in [0.3, 0.4) is 0 Å². The molecule has 2 nitrogen and oxygen atoms in total. The molecule has 2 heteroatoms. The van der Waals surface area contributed by atoms with Gasteiger partial charge in [-0.15, -0.1) is 0 Å². The summed E-state index contributed by atoms with van der Waals surface area (Å²) in [5, 5.41) is 3.43. The Hall–Kier alpha value is -1.02. The minimum atomic E-state index is 0.594. The van der Waals surface area contributed by atoms with E-state index in [1.54, 1.807) is 0 Å². The summed E-state index contributed by atoms with van der Waals surface area (Å²) >= 11 is 0. The van der Waals surface area contributed by atoms with Crippen molar-refractivity contribution in [3.63, 3.8) is 0 Å². The Morgan fingerprint density at radius 1 is 1.38 bits per heavy atom.